The molecule has 0 aliphatic carbocycles. The second kappa shape index (κ2) is 4.37. The second-order valence-corrected chi connectivity index (χ2v) is 3.82. The molecular formula is C13H11FN2O2. The summed E-state index contributed by atoms with van der Waals surface area (Å²) in [7, 11) is 0. The quantitative estimate of drug-likeness (QED) is 0.709. The number of carbonyl (C=O) groups is 1. The van der Waals surface area contributed by atoms with Crippen molar-refractivity contribution in [1.82, 2.24) is 0 Å². The van der Waals surface area contributed by atoms with Gasteiger partial charge in [0.2, 0.25) is 0 Å². The van der Waals surface area contributed by atoms with Gasteiger partial charge in [-0.05, 0) is 29.8 Å². The first-order valence-electron chi connectivity index (χ1n) is 5.18. The molecule has 92 valence electrons. The molecule has 2 aromatic carbocycles. The van der Waals surface area contributed by atoms with E-state index < -0.39 is 17.3 Å². The molecule has 2 aromatic rings. The molecular weight excluding hydrogens is 235 g/mol. The largest absolute Gasteiger partial charge is 0.478 e. The van der Waals surface area contributed by atoms with Crippen molar-refractivity contribution in [2.45, 2.75) is 0 Å². The van der Waals surface area contributed by atoms with Gasteiger partial charge in [0.25, 0.3) is 0 Å². The number of halogens is 1. The van der Waals surface area contributed by atoms with Gasteiger partial charge in [-0.15, -0.1) is 0 Å². The summed E-state index contributed by atoms with van der Waals surface area (Å²) in [6.07, 6.45) is 0. The fraction of sp³-hybridized carbons (Fsp3) is 0. The van der Waals surface area contributed by atoms with Crippen molar-refractivity contribution >= 4 is 17.3 Å². The van der Waals surface area contributed by atoms with Crippen LogP contribution >= 0.6 is 0 Å². The van der Waals surface area contributed by atoms with E-state index in [0.29, 0.717) is 11.3 Å². The van der Waals surface area contributed by atoms with E-state index in [4.69, 9.17) is 16.6 Å². The number of rotatable bonds is 2. The molecule has 0 radical (unpaired) electrons. The number of hydrogen-bond acceptors (Lipinski definition) is 3. The van der Waals surface area contributed by atoms with Crippen molar-refractivity contribution in [3.05, 3.63) is 47.8 Å². The molecule has 0 saturated heterocycles. The molecule has 2 rings (SSSR count). The van der Waals surface area contributed by atoms with Gasteiger partial charge in [-0.1, -0.05) is 12.1 Å². The molecule has 0 saturated carbocycles. The van der Waals surface area contributed by atoms with Gasteiger partial charge in [0.1, 0.15) is 5.82 Å². The summed E-state index contributed by atoms with van der Waals surface area (Å²) in [5.74, 6) is -2.17. The van der Waals surface area contributed by atoms with Gasteiger partial charge in [-0.25, -0.2) is 9.18 Å². The minimum Gasteiger partial charge on any atom is -0.478 e. The van der Waals surface area contributed by atoms with E-state index >= 15 is 0 Å². The summed E-state index contributed by atoms with van der Waals surface area (Å²) in [5.41, 5.74) is 12.1. The lowest BCUT2D eigenvalue weighted by atomic mass is 10.00. The fourth-order valence-corrected chi connectivity index (χ4v) is 1.70. The van der Waals surface area contributed by atoms with E-state index in [-0.39, 0.29) is 11.3 Å². The van der Waals surface area contributed by atoms with Crippen LogP contribution in [0.5, 0.6) is 0 Å². The van der Waals surface area contributed by atoms with Crippen LogP contribution in [0.1, 0.15) is 10.4 Å². The standard InChI is InChI=1S/C13H11FN2O2/c14-12-9(13(17)18)5-6-10(16)11(12)7-1-3-8(15)4-2-7/h1-6H,15-16H2,(H,17,18). The number of nitrogens with two attached hydrogens (primary N) is 2. The smallest absolute Gasteiger partial charge is 0.338 e. The summed E-state index contributed by atoms with van der Waals surface area (Å²) >= 11 is 0. The fourth-order valence-electron chi connectivity index (χ4n) is 1.70. The number of anilines is 2. The van der Waals surface area contributed by atoms with Crippen LogP contribution in [-0.4, -0.2) is 11.1 Å². The zero-order valence-electron chi connectivity index (χ0n) is 9.35. The lowest BCUT2D eigenvalue weighted by Crippen LogP contribution is -2.04. The summed E-state index contributed by atoms with van der Waals surface area (Å²) in [6, 6.07) is 8.90. The lowest BCUT2D eigenvalue weighted by Gasteiger charge is -2.09. The normalized spacial score (nSPS) is 10.3. The van der Waals surface area contributed by atoms with Crippen LogP contribution in [-0.2, 0) is 0 Å². The molecule has 0 fully saturated rings. The molecule has 0 heterocycles. The van der Waals surface area contributed by atoms with Gasteiger partial charge in [-0.2, -0.15) is 0 Å². The third kappa shape index (κ3) is 1.98. The molecule has 0 unspecified atom stereocenters. The Bertz CT molecular complexity index is 609. The molecule has 0 bridgehead atoms. The van der Waals surface area contributed by atoms with Gasteiger partial charge < -0.3 is 16.6 Å². The van der Waals surface area contributed by atoms with E-state index in [1.165, 1.54) is 6.07 Å². The van der Waals surface area contributed by atoms with Gasteiger partial charge in [0, 0.05) is 16.9 Å². The van der Waals surface area contributed by atoms with Crippen LogP contribution < -0.4 is 11.5 Å². The summed E-state index contributed by atoms with van der Waals surface area (Å²) in [4.78, 5) is 10.9. The lowest BCUT2D eigenvalue weighted by molar-refractivity contribution is 0.0692. The Morgan fingerprint density at radius 2 is 1.67 bits per heavy atom. The van der Waals surface area contributed by atoms with Crippen molar-refractivity contribution in [3.63, 3.8) is 0 Å². The Hall–Kier alpha value is -2.56. The molecule has 4 nitrogen and oxygen atoms in total. The van der Waals surface area contributed by atoms with E-state index in [9.17, 15) is 9.18 Å². The first-order valence-corrected chi connectivity index (χ1v) is 5.18. The van der Waals surface area contributed by atoms with Crippen LogP contribution in [0.4, 0.5) is 15.8 Å². The maximum atomic E-state index is 14.1. The highest BCUT2D eigenvalue weighted by atomic mass is 19.1. The van der Waals surface area contributed by atoms with Crippen molar-refractivity contribution in [2.75, 3.05) is 11.5 Å². The summed E-state index contributed by atoms with van der Waals surface area (Å²) in [5, 5.41) is 8.87. The predicted octanol–water partition coefficient (Wildman–Crippen LogP) is 2.36. The Labute approximate surface area is 103 Å². The van der Waals surface area contributed by atoms with Crippen LogP contribution in [0.3, 0.4) is 0 Å². The van der Waals surface area contributed by atoms with Gasteiger partial charge in [0.05, 0.1) is 5.56 Å². The average Bonchev–Trinajstić information content (AvgIpc) is 2.31. The Morgan fingerprint density at radius 3 is 2.22 bits per heavy atom. The van der Waals surface area contributed by atoms with Crippen molar-refractivity contribution in [2.24, 2.45) is 0 Å². The zero-order chi connectivity index (χ0) is 13.3. The van der Waals surface area contributed by atoms with E-state index in [1.54, 1.807) is 24.3 Å². The molecule has 0 aromatic heterocycles. The number of aromatic carboxylic acids is 1. The third-order valence-corrected chi connectivity index (χ3v) is 2.60. The topological polar surface area (TPSA) is 89.3 Å². The number of hydrogen-bond donors (Lipinski definition) is 3. The summed E-state index contributed by atoms with van der Waals surface area (Å²) in [6.45, 7) is 0. The number of carboxylic acid groups (broad SMARTS) is 1. The molecule has 0 atom stereocenters. The zero-order valence-corrected chi connectivity index (χ0v) is 9.35. The summed E-state index contributed by atoms with van der Waals surface area (Å²) < 4.78 is 14.1. The Balaban J connectivity index is 2.66. The minimum atomic E-state index is -1.33. The van der Waals surface area contributed by atoms with Crippen molar-refractivity contribution in [3.8, 4) is 11.1 Å². The highest BCUT2D eigenvalue weighted by Gasteiger charge is 2.17. The number of benzene rings is 2. The highest BCUT2D eigenvalue weighted by molar-refractivity contribution is 5.92. The van der Waals surface area contributed by atoms with E-state index in [2.05, 4.69) is 0 Å². The van der Waals surface area contributed by atoms with Crippen LogP contribution in [0.15, 0.2) is 36.4 Å². The second-order valence-electron chi connectivity index (χ2n) is 3.82. The molecule has 0 aliphatic rings. The predicted molar refractivity (Wildman–Crippen MR) is 67.6 cm³/mol. The Morgan fingerprint density at radius 1 is 1.06 bits per heavy atom. The first kappa shape index (κ1) is 11.9. The molecule has 0 amide bonds. The molecule has 0 spiro atoms. The van der Waals surface area contributed by atoms with E-state index in [0.717, 1.165) is 6.07 Å². The Kier molecular flexibility index (Phi) is 2.89. The van der Waals surface area contributed by atoms with Crippen LogP contribution in [0.25, 0.3) is 11.1 Å². The molecule has 5 N–H and O–H groups in total. The van der Waals surface area contributed by atoms with Crippen LogP contribution in [0, 0.1) is 5.82 Å². The van der Waals surface area contributed by atoms with Crippen molar-refractivity contribution in [1.29, 1.82) is 0 Å². The van der Waals surface area contributed by atoms with Gasteiger partial charge in [0.15, 0.2) is 0 Å². The highest BCUT2D eigenvalue weighted by Crippen LogP contribution is 2.31. The number of nitrogen functional groups attached to an aromatic ring is 2. The van der Waals surface area contributed by atoms with Gasteiger partial charge in [-0.3, -0.25) is 0 Å². The minimum absolute atomic E-state index is 0.0786. The van der Waals surface area contributed by atoms with E-state index in [1.807, 2.05) is 0 Å². The average molecular weight is 246 g/mol. The first-order chi connectivity index (χ1) is 8.50. The third-order valence-electron chi connectivity index (χ3n) is 2.60. The molecule has 0 aliphatic heterocycles. The molecule has 18 heavy (non-hydrogen) atoms. The maximum Gasteiger partial charge on any atom is 0.338 e. The van der Waals surface area contributed by atoms with Crippen LogP contribution in [0.2, 0.25) is 0 Å². The SMILES string of the molecule is Nc1ccc(-c2c(N)ccc(C(=O)O)c2F)cc1. The monoisotopic (exact) mass is 246 g/mol. The number of carboxylic acids is 1. The maximum absolute atomic E-state index is 14.1. The van der Waals surface area contributed by atoms with Gasteiger partial charge >= 0.3 is 5.97 Å². The van der Waals surface area contributed by atoms with Crippen molar-refractivity contribution < 1.29 is 14.3 Å². The molecule has 5 heteroatoms.